The molecule has 6 bridgehead atoms. The molecule has 0 aromatic rings. The smallest absolute Gasteiger partial charge is 0.249 e. The number of hydrogen-bond donors (Lipinski definition) is 4. The molecule has 4 heterocycles. The third-order valence-corrected chi connectivity index (χ3v) is 8.94. The number of fused-ring (bicyclic) bond motifs is 6. The normalized spacial score (nSPS) is 37.1. The number of nitrogens with one attached hydrogen (secondary N) is 2. The summed E-state index contributed by atoms with van der Waals surface area (Å²) in [5.74, 6) is -1.23. The van der Waals surface area contributed by atoms with E-state index in [0.29, 0.717) is 19.5 Å². The lowest BCUT2D eigenvalue weighted by molar-refractivity contribution is -0.152. The number of carbonyl (C=O) groups excluding carboxylic acids is 4. The van der Waals surface area contributed by atoms with Crippen LogP contribution in [0, 0.1) is 0 Å². The third kappa shape index (κ3) is 5.92. The lowest BCUT2D eigenvalue weighted by Gasteiger charge is -2.43. The number of hydrogen-bond acceptors (Lipinski definition) is 9. The maximum Gasteiger partial charge on any atom is 0.249 e. The van der Waals surface area contributed by atoms with Gasteiger partial charge >= 0.3 is 0 Å². The van der Waals surface area contributed by atoms with Crippen LogP contribution in [-0.2, 0) is 28.7 Å². The van der Waals surface area contributed by atoms with Crippen molar-refractivity contribution in [1.82, 2.24) is 25.3 Å². The van der Waals surface area contributed by atoms with Crippen LogP contribution < -0.4 is 10.6 Å². The highest BCUT2D eigenvalue weighted by atomic mass is 16.5. The van der Waals surface area contributed by atoms with Crippen LogP contribution >= 0.6 is 0 Å². The van der Waals surface area contributed by atoms with E-state index in [2.05, 4.69) is 15.5 Å². The number of aliphatic hydroxyl groups is 2. The minimum Gasteiger partial charge on any atom is -0.388 e. The SMILES string of the molecule is COCC(=O)N1CCN2C[C@H]1C(=O)NC[C@H]1O[C@@H](CC(=O)N[C@H]3C[C@@H](C2=O)N(C2CCCCC2)C3)[C@H](O)[C@@H]1O. The van der Waals surface area contributed by atoms with Crippen molar-refractivity contribution in [3.05, 3.63) is 0 Å². The number of methoxy groups -OCH3 is 1. The number of piperazine rings is 1. The van der Waals surface area contributed by atoms with Gasteiger partial charge in [0.15, 0.2) is 0 Å². The van der Waals surface area contributed by atoms with Crippen molar-refractivity contribution >= 4 is 23.6 Å². The molecular formula is C26H41N5O8. The highest BCUT2D eigenvalue weighted by Gasteiger charge is 2.47. The van der Waals surface area contributed by atoms with Crippen molar-refractivity contribution in [3.63, 3.8) is 0 Å². The summed E-state index contributed by atoms with van der Waals surface area (Å²) in [5.41, 5.74) is 0. The number of nitrogens with zero attached hydrogens (tertiary/aromatic N) is 3. The van der Waals surface area contributed by atoms with Gasteiger partial charge in [0.25, 0.3) is 0 Å². The number of carbonyl (C=O) groups is 4. The Morgan fingerprint density at radius 3 is 2.51 bits per heavy atom. The van der Waals surface area contributed by atoms with Crippen molar-refractivity contribution < 1.29 is 38.9 Å². The average Bonchev–Trinajstić information content (AvgIpc) is 3.47. The van der Waals surface area contributed by atoms with Gasteiger partial charge in [0.2, 0.25) is 23.6 Å². The summed E-state index contributed by atoms with van der Waals surface area (Å²) in [6.07, 6.45) is 1.26. The van der Waals surface area contributed by atoms with E-state index in [1.807, 2.05) is 0 Å². The first-order valence-corrected chi connectivity index (χ1v) is 14.2. The number of amides is 4. The molecule has 0 spiro atoms. The van der Waals surface area contributed by atoms with Crippen LogP contribution in [0.25, 0.3) is 0 Å². The van der Waals surface area contributed by atoms with Gasteiger partial charge in [-0.1, -0.05) is 19.3 Å². The van der Waals surface area contributed by atoms with Gasteiger partial charge in [-0.25, -0.2) is 0 Å². The average molecular weight is 552 g/mol. The zero-order valence-corrected chi connectivity index (χ0v) is 22.5. The number of ether oxygens (including phenoxy) is 2. The molecule has 13 heteroatoms. The molecule has 7 atom stereocenters. The van der Waals surface area contributed by atoms with E-state index in [9.17, 15) is 29.4 Å². The predicted octanol–water partition coefficient (Wildman–Crippen LogP) is -2.43. The van der Waals surface area contributed by atoms with Gasteiger partial charge in [-0.15, -0.1) is 0 Å². The summed E-state index contributed by atoms with van der Waals surface area (Å²) in [5, 5.41) is 26.8. The largest absolute Gasteiger partial charge is 0.388 e. The van der Waals surface area contributed by atoms with Crippen LogP contribution in [-0.4, -0.2) is 144 Å². The van der Waals surface area contributed by atoms with Crippen LogP contribution in [0.4, 0.5) is 0 Å². The van der Waals surface area contributed by atoms with E-state index in [4.69, 9.17) is 9.47 Å². The summed E-state index contributed by atoms with van der Waals surface area (Å²) in [6, 6.07) is -1.37. The van der Waals surface area contributed by atoms with Gasteiger partial charge in [-0.2, -0.15) is 0 Å². The fraction of sp³-hybridized carbons (Fsp3) is 0.846. The Balaban J connectivity index is 1.42. The van der Waals surface area contributed by atoms with Gasteiger partial charge in [-0.3, -0.25) is 24.1 Å². The maximum atomic E-state index is 14.0. The molecule has 218 valence electrons. The van der Waals surface area contributed by atoms with Crippen LogP contribution in [0.2, 0.25) is 0 Å². The van der Waals surface area contributed by atoms with Gasteiger partial charge in [0, 0.05) is 45.4 Å². The quantitative estimate of drug-likeness (QED) is 0.299. The fourth-order valence-corrected chi connectivity index (χ4v) is 6.90. The van der Waals surface area contributed by atoms with Crippen molar-refractivity contribution in [3.8, 4) is 0 Å². The first-order valence-electron chi connectivity index (χ1n) is 14.2. The van der Waals surface area contributed by atoms with E-state index < -0.39 is 42.4 Å². The summed E-state index contributed by atoms with van der Waals surface area (Å²) in [6.45, 7) is 0.754. The molecule has 5 aliphatic rings. The topological polar surface area (TPSA) is 161 Å². The first kappa shape index (κ1) is 28.2. The molecule has 4 N–H and O–H groups in total. The Bertz CT molecular complexity index is 945. The summed E-state index contributed by atoms with van der Waals surface area (Å²) >= 11 is 0. The van der Waals surface area contributed by atoms with Gasteiger partial charge < -0.3 is 40.1 Å². The van der Waals surface area contributed by atoms with Crippen molar-refractivity contribution in [1.29, 1.82) is 0 Å². The molecule has 1 saturated carbocycles. The van der Waals surface area contributed by atoms with Gasteiger partial charge in [-0.05, 0) is 19.3 Å². The molecule has 5 rings (SSSR count). The Labute approximate surface area is 228 Å². The Hall–Kier alpha value is -2.32. The first-order chi connectivity index (χ1) is 18.8. The molecule has 4 aliphatic heterocycles. The fourth-order valence-electron chi connectivity index (χ4n) is 6.90. The highest BCUT2D eigenvalue weighted by molar-refractivity contribution is 5.90. The second kappa shape index (κ2) is 12.0. The van der Waals surface area contributed by atoms with Crippen LogP contribution in [0.1, 0.15) is 44.9 Å². The molecule has 1 aliphatic carbocycles. The molecule has 0 radical (unpaired) electrons. The summed E-state index contributed by atoms with van der Waals surface area (Å²) < 4.78 is 10.8. The Kier molecular flexibility index (Phi) is 8.72. The number of rotatable bonds is 3. The van der Waals surface area contributed by atoms with E-state index in [1.54, 1.807) is 4.90 Å². The number of aliphatic hydroxyl groups excluding tert-OH is 2. The molecule has 0 unspecified atom stereocenters. The van der Waals surface area contributed by atoms with Crippen LogP contribution in [0.5, 0.6) is 0 Å². The lowest BCUT2D eigenvalue weighted by atomic mass is 9.93. The second-order valence-corrected chi connectivity index (χ2v) is 11.5. The predicted molar refractivity (Wildman–Crippen MR) is 136 cm³/mol. The van der Waals surface area contributed by atoms with E-state index in [1.165, 1.54) is 18.4 Å². The molecule has 0 aromatic heterocycles. The second-order valence-electron chi connectivity index (χ2n) is 11.5. The molecule has 0 aromatic carbocycles. The molecule has 4 saturated heterocycles. The van der Waals surface area contributed by atoms with Crippen LogP contribution in [0.3, 0.4) is 0 Å². The summed E-state index contributed by atoms with van der Waals surface area (Å²) in [4.78, 5) is 58.4. The van der Waals surface area contributed by atoms with Crippen molar-refractivity contribution in [2.45, 2.75) is 93.5 Å². The standard InChI is InChI=1S/C26H41N5O8/c1-38-14-22(33)30-8-7-29-13-18(30)25(36)27-11-20-24(35)23(34)19(39-20)10-21(32)28-15-9-17(26(29)37)31(12-15)16-5-3-2-4-6-16/h15-20,23-24,34-35H,2-14H2,1H3,(H,27,36)(H,28,32)/t15-,17-,18-,19-,20+,23-,24+/m0/s1. The molecular weight excluding hydrogens is 510 g/mol. The van der Waals surface area contributed by atoms with Crippen molar-refractivity contribution in [2.24, 2.45) is 0 Å². The van der Waals surface area contributed by atoms with Crippen molar-refractivity contribution in [2.75, 3.05) is 46.4 Å². The van der Waals surface area contributed by atoms with Gasteiger partial charge in [0.05, 0.1) is 25.1 Å². The summed E-state index contributed by atoms with van der Waals surface area (Å²) in [7, 11) is 1.41. The molecule has 39 heavy (non-hydrogen) atoms. The highest BCUT2D eigenvalue weighted by Crippen LogP contribution is 2.31. The minimum atomic E-state index is -1.29. The zero-order valence-electron chi connectivity index (χ0n) is 22.5. The number of likely N-dealkylation sites (tertiary alicyclic amines) is 1. The lowest BCUT2D eigenvalue weighted by Crippen LogP contribution is -2.64. The third-order valence-electron chi connectivity index (χ3n) is 8.94. The van der Waals surface area contributed by atoms with E-state index >= 15 is 0 Å². The Morgan fingerprint density at radius 2 is 1.77 bits per heavy atom. The molecule has 4 amide bonds. The van der Waals surface area contributed by atoms with E-state index in [0.717, 1.165) is 25.7 Å². The zero-order chi connectivity index (χ0) is 27.7. The maximum absolute atomic E-state index is 14.0. The Morgan fingerprint density at radius 1 is 1.03 bits per heavy atom. The van der Waals surface area contributed by atoms with Crippen LogP contribution in [0.15, 0.2) is 0 Å². The molecule has 5 fully saturated rings. The monoisotopic (exact) mass is 551 g/mol. The minimum absolute atomic E-state index is 0.0332. The van der Waals surface area contributed by atoms with E-state index in [-0.39, 0.29) is 62.5 Å². The molecule has 13 nitrogen and oxygen atoms in total. The van der Waals surface area contributed by atoms with Gasteiger partial charge in [0.1, 0.15) is 31.0 Å².